The number of aromatic nitrogens is 1. The lowest BCUT2D eigenvalue weighted by molar-refractivity contribution is 0.305. The molecule has 1 aromatic heterocycles. The molecule has 0 amide bonds. The lowest BCUT2D eigenvalue weighted by Gasteiger charge is -2.24. The zero-order valence-electron chi connectivity index (χ0n) is 11.1. The molecule has 1 aromatic carbocycles. The molecular weight excluding hydrogens is 258 g/mol. The number of benzene rings is 1. The minimum atomic E-state index is 0.568. The minimum absolute atomic E-state index is 0.568. The van der Waals surface area contributed by atoms with Gasteiger partial charge in [-0.25, -0.2) is 4.98 Å². The zero-order chi connectivity index (χ0) is 13.4. The van der Waals surface area contributed by atoms with Gasteiger partial charge < -0.3 is 15.4 Å². The van der Waals surface area contributed by atoms with Crippen LogP contribution in [0.1, 0.15) is 18.7 Å². The van der Waals surface area contributed by atoms with Gasteiger partial charge in [-0.3, -0.25) is 0 Å². The Morgan fingerprint density at radius 2 is 2.16 bits per heavy atom. The van der Waals surface area contributed by atoms with Crippen LogP contribution in [0.3, 0.4) is 0 Å². The van der Waals surface area contributed by atoms with Gasteiger partial charge in [0.05, 0.1) is 10.6 Å². The Labute approximate surface area is 116 Å². The first-order chi connectivity index (χ1) is 9.22. The fraction of sp³-hybridized carbons (Fsp3) is 0.357. The van der Waals surface area contributed by atoms with Gasteiger partial charge in [0.2, 0.25) is 0 Å². The van der Waals surface area contributed by atoms with Crippen LogP contribution in [-0.2, 0) is 6.61 Å². The maximum atomic E-state index is 5.83. The highest BCUT2D eigenvalue weighted by atomic mass is 32.1. The molecule has 2 N–H and O–H groups in total. The Balaban J connectivity index is 2.04. The summed E-state index contributed by atoms with van der Waals surface area (Å²) in [5.74, 6) is 0.905. The summed E-state index contributed by atoms with van der Waals surface area (Å²) in [4.78, 5) is 7.82. The maximum absolute atomic E-state index is 5.83. The van der Waals surface area contributed by atoms with Gasteiger partial charge in [-0.1, -0.05) is 11.3 Å². The van der Waals surface area contributed by atoms with E-state index in [4.69, 9.17) is 10.5 Å². The normalized spacial score (nSPS) is 12.5. The zero-order valence-corrected chi connectivity index (χ0v) is 12.0. The van der Waals surface area contributed by atoms with Crippen LogP contribution in [0.15, 0.2) is 18.2 Å². The second-order valence-electron chi connectivity index (χ2n) is 4.47. The number of nitrogens with two attached hydrogens (primary N) is 1. The van der Waals surface area contributed by atoms with Crippen molar-refractivity contribution in [3.8, 4) is 17.0 Å². The van der Waals surface area contributed by atoms with Gasteiger partial charge in [-0.05, 0) is 26.0 Å². The van der Waals surface area contributed by atoms with Crippen LogP contribution in [0.4, 0.5) is 10.8 Å². The van der Waals surface area contributed by atoms with E-state index in [0.29, 0.717) is 11.7 Å². The Kier molecular flexibility index (Phi) is 3.06. The summed E-state index contributed by atoms with van der Waals surface area (Å²) in [5.41, 5.74) is 9.00. The molecule has 0 bridgehead atoms. The van der Waals surface area contributed by atoms with E-state index in [-0.39, 0.29) is 0 Å². The minimum Gasteiger partial charge on any atom is -0.487 e. The Hall–Kier alpha value is -1.75. The van der Waals surface area contributed by atoms with Crippen molar-refractivity contribution in [2.75, 3.05) is 23.7 Å². The number of hydrogen-bond donors (Lipinski definition) is 1. The molecule has 0 saturated heterocycles. The molecule has 0 spiro atoms. The Bertz CT molecular complexity index is 605. The molecule has 0 saturated carbocycles. The summed E-state index contributed by atoms with van der Waals surface area (Å²) < 4.78 is 5.83. The molecule has 3 rings (SSSR count). The highest BCUT2D eigenvalue weighted by molar-refractivity contribution is 7.15. The predicted octanol–water partition coefficient (Wildman–Crippen LogP) is 3.13. The van der Waals surface area contributed by atoms with Crippen molar-refractivity contribution >= 4 is 22.2 Å². The van der Waals surface area contributed by atoms with E-state index in [1.54, 1.807) is 0 Å². The smallest absolute Gasteiger partial charge is 0.180 e. The monoisotopic (exact) mass is 275 g/mol. The summed E-state index contributed by atoms with van der Waals surface area (Å²) in [6.07, 6.45) is 0. The number of rotatable bonds is 3. The molecule has 1 aliphatic heterocycles. The molecule has 19 heavy (non-hydrogen) atoms. The van der Waals surface area contributed by atoms with E-state index in [2.05, 4.69) is 41.9 Å². The Morgan fingerprint density at radius 1 is 1.37 bits per heavy atom. The molecule has 4 nitrogen and oxygen atoms in total. The molecule has 0 aliphatic carbocycles. The van der Waals surface area contributed by atoms with Crippen molar-refractivity contribution in [2.45, 2.75) is 20.5 Å². The van der Waals surface area contributed by atoms with Crippen LogP contribution in [0.5, 0.6) is 5.75 Å². The molecule has 100 valence electrons. The van der Waals surface area contributed by atoms with Gasteiger partial charge in [-0.2, -0.15) is 0 Å². The largest absolute Gasteiger partial charge is 0.487 e. The first kappa shape index (κ1) is 12.3. The summed E-state index contributed by atoms with van der Waals surface area (Å²) in [6, 6.07) is 6.31. The average Bonchev–Trinajstić information content (AvgIpc) is 2.80. The van der Waals surface area contributed by atoms with Gasteiger partial charge >= 0.3 is 0 Å². The fourth-order valence-electron chi connectivity index (χ4n) is 2.43. The van der Waals surface area contributed by atoms with Crippen LogP contribution in [-0.4, -0.2) is 18.1 Å². The van der Waals surface area contributed by atoms with E-state index in [9.17, 15) is 0 Å². The fourth-order valence-corrected chi connectivity index (χ4v) is 3.19. The Morgan fingerprint density at radius 3 is 2.89 bits per heavy atom. The van der Waals surface area contributed by atoms with Crippen LogP contribution in [0.2, 0.25) is 0 Å². The second-order valence-corrected chi connectivity index (χ2v) is 5.58. The molecular formula is C14H17N3OS. The van der Waals surface area contributed by atoms with Crippen molar-refractivity contribution < 1.29 is 4.74 Å². The van der Waals surface area contributed by atoms with Gasteiger partial charge in [0.25, 0.3) is 0 Å². The molecule has 0 fully saturated rings. The predicted molar refractivity (Wildman–Crippen MR) is 79.9 cm³/mol. The van der Waals surface area contributed by atoms with Crippen LogP contribution < -0.4 is 15.4 Å². The molecule has 0 atom stereocenters. The van der Waals surface area contributed by atoms with Crippen LogP contribution >= 0.6 is 11.3 Å². The van der Waals surface area contributed by atoms with E-state index in [1.165, 1.54) is 17.0 Å². The average molecular weight is 275 g/mol. The lowest BCUT2D eigenvalue weighted by Crippen LogP contribution is -2.21. The van der Waals surface area contributed by atoms with Crippen LogP contribution in [0.25, 0.3) is 11.3 Å². The van der Waals surface area contributed by atoms with E-state index in [1.807, 2.05) is 0 Å². The standard InChI is InChI=1S/C14H17N3OS/c1-3-17(4-2)9-5-6-10-11(7-9)18-8-12-13(10)16-14(15)19-12/h5-7H,3-4,8H2,1-2H3,(H2,15,16). The molecule has 2 heterocycles. The van der Waals surface area contributed by atoms with E-state index in [0.717, 1.165) is 35.0 Å². The highest BCUT2D eigenvalue weighted by Gasteiger charge is 2.22. The number of hydrogen-bond acceptors (Lipinski definition) is 5. The molecule has 1 aliphatic rings. The van der Waals surface area contributed by atoms with Gasteiger partial charge in [0.15, 0.2) is 5.13 Å². The number of anilines is 2. The van der Waals surface area contributed by atoms with Crippen molar-refractivity contribution in [3.05, 3.63) is 23.1 Å². The first-order valence-corrected chi connectivity index (χ1v) is 7.32. The number of ether oxygens (including phenoxy) is 1. The second kappa shape index (κ2) is 4.74. The van der Waals surface area contributed by atoms with Gasteiger partial charge in [0.1, 0.15) is 12.4 Å². The van der Waals surface area contributed by atoms with E-state index < -0.39 is 0 Å². The number of nitrogens with zero attached hydrogens (tertiary/aromatic N) is 2. The summed E-state index contributed by atoms with van der Waals surface area (Å²) >= 11 is 1.50. The highest BCUT2D eigenvalue weighted by Crippen LogP contribution is 2.41. The van der Waals surface area contributed by atoms with Crippen molar-refractivity contribution in [2.24, 2.45) is 0 Å². The molecule has 2 aromatic rings. The number of nitrogen functional groups attached to an aromatic ring is 1. The molecule has 0 radical (unpaired) electrons. The van der Waals surface area contributed by atoms with Crippen molar-refractivity contribution in [1.29, 1.82) is 0 Å². The van der Waals surface area contributed by atoms with Gasteiger partial charge in [0, 0.05) is 30.4 Å². The summed E-state index contributed by atoms with van der Waals surface area (Å²) in [7, 11) is 0. The summed E-state index contributed by atoms with van der Waals surface area (Å²) in [6.45, 7) is 6.86. The van der Waals surface area contributed by atoms with Gasteiger partial charge in [-0.15, -0.1) is 0 Å². The number of fused-ring (bicyclic) bond motifs is 3. The number of thiazole rings is 1. The molecule has 5 heteroatoms. The van der Waals surface area contributed by atoms with Crippen molar-refractivity contribution in [3.63, 3.8) is 0 Å². The van der Waals surface area contributed by atoms with E-state index >= 15 is 0 Å². The third-order valence-electron chi connectivity index (χ3n) is 3.42. The first-order valence-electron chi connectivity index (χ1n) is 6.50. The third-order valence-corrected chi connectivity index (χ3v) is 4.28. The SMILES string of the molecule is CCN(CC)c1ccc2c(c1)OCc1sc(N)nc1-2. The van der Waals surface area contributed by atoms with Crippen LogP contribution in [0, 0.1) is 0 Å². The maximum Gasteiger partial charge on any atom is 0.180 e. The lowest BCUT2D eigenvalue weighted by atomic mass is 10.1. The molecule has 0 unspecified atom stereocenters. The third kappa shape index (κ3) is 2.04. The quantitative estimate of drug-likeness (QED) is 0.935. The summed E-state index contributed by atoms with van der Waals surface area (Å²) in [5, 5.41) is 0.606. The van der Waals surface area contributed by atoms with Crippen molar-refractivity contribution in [1.82, 2.24) is 4.98 Å². The topological polar surface area (TPSA) is 51.4 Å².